The number of carbonyl (C=O) groups is 1. The van der Waals surface area contributed by atoms with Crippen LogP contribution in [0.2, 0.25) is 5.02 Å². The zero-order valence-corrected chi connectivity index (χ0v) is 28.8. The Morgan fingerprint density at radius 3 is 2.27 bits per heavy atom. The highest BCUT2D eigenvalue weighted by atomic mass is 35.5. The molecule has 1 aliphatic carbocycles. The molecule has 0 radical (unpaired) electrons. The first-order valence-electron chi connectivity index (χ1n) is 16.1. The average Bonchev–Trinajstić information content (AvgIpc) is 2.99. The molecule has 0 heterocycles. The maximum Gasteiger partial charge on any atom is 0.381 e. The number of nitrogens with one attached hydrogen (secondary N) is 1. The van der Waals surface area contributed by atoms with Crippen molar-refractivity contribution >= 4 is 28.9 Å². The Morgan fingerprint density at radius 2 is 1.69 bits per heavy atom. The summed E-state index contributed by atoms with van der Waals surface area (Å²) in [5.74, 6) is -5.08. The molecule has 3 N–H and O–H groups in total. The average molecular weight is 641 g/mol. The van der Waals surface area contributed by atoms with E-state index in [9.17, 15) is 13.6 Å². The highest BCUT2D eigenvalue weighted by molar-refractivity contribution is 6.31. The maximum absolute atomic E-state index is 13.8. The summed E-state index contributed by atoms with van der Waals surface area (Å²) in [6, 6.07) is 18.2. The molecule has 1 saturated carbocycles. The lowest BCUT2D eigenvalue weighted by molar-refractivity contribution is -0.173. The molecule has 0 saturated heterocycles. The highest BCUT2D eigenvalue weighted by Crippen LogP contribution is 2.32. The summed E-state index contributed by atoms with van der Waals surface area (Å²) in [7, 11) is 0. The summed E-state index contributed by atoms with van der Waals surface area (Å²) in [4.78, 5) is 11.2. The number of hydrogen-bond acceptors (Lipinski definition) is 4. The van der Waals surface area contributed by atoms with Gasteiger partial charge in [-0.05, 0) is 86.9 Å². The molecule has 4 rings (SSSR count). The predicted octanol–water partition coefficient (Wildman–Crippen LogP) is 10.6. The van der Waals surface area contributed by atoms with E-state index >= 15 is 0 Å². The van der Waals surface area contributed by atoms with Crippen molar-refractivity contribution in [3.8, 4) is 0 Å². The number of ether oxygens (including phenoxy) is 1. The molecule has 0 amide bonds. The number of allylic oxidation sites excluding steroid dienone is 2. The topological polar surface area (TPSA) is 64.3 Å². The van der Waals surface area contributed by atoms with Crippen LogP contribution in [0.1, 0.15) is 95.0 Å². The molecule has 4 nitrogen and oxygen atoms in total. The van der Waals surface area contributed by atoms with Gasteiger partial charge in [-0.25, -0.2) is 4.79 Å². The number of nitrogen functional groups attached to an aromatic ring is 1. The largest absolute Gasteiger partial charge is 0.461 e. The molecular weight excluding hydrogens is 590 g/mol. The van der Waals surface area contributed by atoms with Crippen LogP contribution < -0.4 is 11.1 Å². The lowest BCUT2D eigenvalue weighted by atomic mass is 9.83. The van der Waals surface area contributed by atoms with Crippen molar-refractivity contribution in [1.29, 1.82) is 0 Å². The van der Waals surface area contributed by atoms with Gasteiger partial charge in [0.15, 0.2) is 0 Å². The Morgan fingerprint density at radius 1 is 1.02 bits per heavy atom. The van der Waals surface area contributed by atoms with Crippen LogP contribution in [0.3, 0.4) is 0 Å². The first-order chi connectivity index (χ1) is 21.4. The third-order valence-corrected chi connectivity index (χ3v) is 8.02. The molecule has 0 aliphatic heterocycles. The first kappa shape index (κ1) is 37.8. The molecule has 0 spiro atoms. The summed E-state index contributed by atoms with van der Waals surface area (Å²) in [6.45, 7) is 15.0. The number of alkyl halides is 2. The Labute approximate surface area is 274 Å². The van der Waals surface area contributed by atoms with Crippen LogP contribution in [0, 0.1) is 6.92 Å². The number of anilines is 2. The zero-order chi connectivity index (χ0) is 33.6. The van der Waals surface area contributed by atoms with Gasteiger partial charge in [0.25, 0.3) is 0 Å². The van der Waals surface area contributed by atoms with Gasteiger partial charge >= 0.3 is 11.9 Å². The Balaban J connectivity index is 0.000000300. The van der Waals surface area contributed by atoms with Gasteiger partial charge in [0.2, 0.25) is 0 Å². The van der Waals surface area contributed by atoms with Crippen LogP contribution in [0.5, 0.6) is 0 Å². The molecule has 1 aliphatic rings. The van der Waals surface area contributed by atoms with Crippen molar-refractivity contribution in [2.24, 2.45) is 0 Å². The van der Waals surface area contributed by atoms with E-state index in [0.717, 1.165) is 60.6 Å². The maximum atomic E-state index is 13.8. The first-order valence-corrected chi connectivity index (χ1v) is 16.5. The second-order valence-electron chi connectivity index (χ2n) is 11.8. The molecule has 3 aromatic carbocycles. The van der Waals surface area contributed by atoms with E-state index in [4.69, 9.17) is 17.3 Å². The van der Waals surface area contributed by atoms with Crippen molar-refractivity contribution in [2.75, 3.05) is 24.2 Å². The fourth-order valence-electron chi connectivity index (χ4n) is 4.87. The van der Waals surface area contributed by atoms with Crippen molar-refractivity contribution in [1.82, 2.24) is 0 Å². The van der Waals surface area contributed by atoms with Gasteiger partial charge in [-0.3, -0.25) is 0 Å². The summed E-state index contributed by atoms with van der Waals surface area (Å²) in [5, 5.41) is 4.42. The van der Waals surface area contributed by atoms with E-state index in [1.807, 2.05) is 26.0 Å². The minimum Gasteiger partial charge on any atom is -0.461 e. The molecule has 3 aromatic rings. The van der Waals surface area contributed by atoms with E-state index in [1.165, 1.54) is 47.7 Å². The van der Waals surface area contributed by atoms with Gasteiger partial charge in [0, 0.05) is 33.9 Å². The summed E-state index contributed by atoms with van der Waals surface area (Å²) in [5.41, 5.74) is 13.6. The highest BCUT2D eigenvalue weighted by Gasteiger charge is 2.42. The van der Waals surface area contributed by atoms with Crippen LogP contribution in [0.4, 0.5) is 20.2 Å². The molecule has 1 fully saturated rings. The Kier molecular flexibility index (Phi) is 15.1. The third-order valence-electron chi connectivity index (χ3n) is 7.69. The quantitative estimate of drug-likeness (QED) is 0.124. The van der Waals surface area contributed by atoms with Gasteiger partial charge in [0.1, 0.15) is 0 Å². The minimum atomic E-state index is -3.58. The van der Waals surface area contributed by atoms with E-state index in [0.29, 0.717) is 0 Å². The lowest BCUT2D eigenvalue weighted by Crippen LogP contribution is -2.28. The number of nitrogens with two attached hydrogens (primary N) is 1. The van der Waals surface area contributed by atoms with Crippen molar-refractivity contribution in [2.45, 2.75) is 98.3 Å². The molecule has 0 bridgehead atoms. The van der Waals surface area contributed by atoms with E-state index in [2.05, 4.69) is 68.1 Å². The van der Waals surface area contributed by atoms with Crippen LogP contribution in [0.15, 0.2) is 72.3 Å². The number of carbonyl (C=O) groups excluding carboxylic acids is 1. The molecule has 45 heavy (non-hydrogen) atoms. The third kappa shape index (κ3) is 11.2. The second-order valence-corrected chi connectivity index (χ2v) is 12.2. The molecule has 0 atom stereocenters. The van der Waals surface area contributed by atoms with Crippen molar-refractivity contribution in [3.05, 3.63) is 105 Å². The SMILES string of the molecule is CC.CCCc1cc(N)ccc1NCC(C)(C)c1cc(C)ccc1Cl.CCOC(=O)C(F)(F)c1ccc(CC=C2CCC2)cc1. The minimum absolute atomic E-state index is 0.0555. The van der Waals surface area contributed by atoms with Crippen LogP contribution in [0.25, 0.3) is 0 Å². The smallest absolute Gasteiger partial charge is 0.381 e. The molecule has 0 unspecified atom stereocenters. The van der Waals surface area contributed by atoms with E-state index < -0.39 is 11.9 Å². The van der Waals surface area contributed by atoms with Crippen LogP contribution >= 0.6 is 11.6 Å². The monoisotopic (exact) mass is 640 g/mol. The van der Waals surface area contributed by atoms with Crippen LogP contribution in [-0.2, 0) is 33.7 Å². The second kappa shape index (κ2) is 17.9. The summed E-state index contributed by atoms with van der Waals surface area (Å²) in [6.07, 6.45) is 8.58. The zero-order valence-electron chi connectivity index (χ0n) is 28.0. The summed E-state index contributed by atoms with van der Waals surface area (Å²) >= 11 is 6.42. The van der Waals surface area contributed by atoms with Crippen molar-refractivity contribution in [3.63, 3.8) is 0 Å². The predicted molar refractivity (Wildman–Crippen MR) is 187 cm³/mol. The fraction of sp³-hybridized carbons (Fsp3) is 0.447. The molecule has 0 aromatic heterocycles. The van der Waals surface area contributed by atoms with E-state index in [-0.39, 0.29) is 17.6 Å². The van der Waals surface area contributed by atoms with Gasteiger partial charge in [0.05, 0.1) is 6.61 Å². The molecule has 7 heteroatoms. The van der Waals surface area contributed by atoms with Gasteiger partial charge in [-0.1, -0.05) is 106 Å². The lowest BCUT2D eigenvalue weighted by Gasteiger charge is -2.28. The number of halogens is 3. The number of aryl methyl sites for hydroxylation is 2. The van der Waals surface area contributed by atoms with Gasteiger partial charge < -0.3 is 15.8 Å². The van der Waals surface area contributed by atoms with E-state index in [1.54, 1.807) is 12.1 Å². The normalized spacial score (nSPS) is 12.5. The fourth-order valence-corrected chi connectivity index (χ4v) is 5.24. The molecule has 246 valence electrons. The Bertz CT molecular complexity index is 1400. The number of rotatable bonds is 11. The number of hydrogen-bond donors (Lipinski definition) is 2. The van der Waals surface area contributed by atoms with Gasteiger partial charge in [-0.2, -0.15) is 8.78 Å². The van der Waals surface area contributed by atoms with Gasteiger partial charge in [-0.15, -0.1) is 0 Å². The summed E-state index contributed by atoms with van der Waals surface area (Å²) < 4.78 is 31.9. The van der Waals surface area contributed by atoms with Crippen molar-refractivity contribution < 1.29 is 18.3 Å². The number of esters is 1. The number of benzene rings is 3. The molecular formula is C38H51ClF2N2O2. The van der Waals surface area contributed by atoms with Crippen LogP contribution in [-0.4, -0.2) is 19.1 Å². The Hall–Kier alpha value is -3.38. The standard InChI is InChI=1S/C20H27ClN2.C16H18F2O2.C2H6/c1-5-6-15-12-16(22)8-10-19(15)23-13-20(3,4)17-11-14(2)7-9-18(17)21;1-2-20-15(19)16(17,18)14-10-8-13(9-11-14)7-6-12-4-3-5-12;1-2/h7-12,23H,5-6,13,22H2,1-4H3;6,8-11H,2-5,7H2,1H3;1-2H3.